The van der Waals surface area contributed by atoms with Crippen molar-refractivity contribution >= 4 is 11.6 Å². The summed E-state index contributed by atoms with van der Waals surface area (Å²) in [6, 6.07) is 0. The van der Waals surface area contributed by atoms with Gasteiger partial charge in [-0.2, -0.15) is 0 Å². The molecule has 9 heavy (non-hydrogen) atoms. The lowest BCUT2D eigenvalue weighted by Gasteiger charge is -2.08. The minimum absolute atomic E-state index is 0.182. The second-order valence-corrected chi connectivity index (χ2v) is 3.56. The van der Waals surface area contributed by atoms with Crippen molar-refractivity contribution in [1.82, 2.24) is 0 Å². The van der Waals surface area contributed by atoms with Crippen LogP contribution in [0.3, 0.4) is 0 Å². The first-order chi connectivity index (χ1) is 4.18. The first-order valence-corrected chi connectivity index (χ1v) is 3.90. The summed E-state index contributed by atoms with van der Waals surface area (Å²) in [4.78, 5) is 0. The number of hydrogen-bond donors (Lipinski definition) is 0. The zero-order chi connectivity index (χ0) is 6.91. The van der Waals surface area contributed by atoms with Crippen LogP contribution in [-0.2, 0) is 4.74 Å². The van der Waals surface area contributed by atoms with Crippen LogP contribution in [0.5, 0.6) is 0 Å². The van der Waals surface area contributed by atoms with Crippen LogP contribution >= 0.6 is 11.6 Å². The van der Waals surface area contributed by atoms with E-state index in [9.17, 15) is 0 Å². The molecular weight excluding hydrogens is 136 g/mol. The minimum Gasteiger partial charge on any atom is -0.370 e. The fourth-order valence-electron chi connectivity index (χ4n) is 1.08. The molecule has 1 rings (SSSR count). The summed E-state index contributed by atoms with van der Waals surface area (Å²) in [5, 5.41) is 0.257. The van der Waals surface area contributed by atoms with Crippen molar-refractivity contribution in [3.8, 4) is 0 Å². The molecule has 2 unspecified atom stereocenters. The van der Waals surface area contributed by atoms with Gasteiger partial charge in [-0.25, -0.2) is 0 Å². The molecule has 1 fully saturated rings. The van der Waals surface area contributed by atoms with E-state index in [0.717, 1.165) is 19.4 Å². The number of alkyl halides is 1. The van der Waals surface area contributed by atoms with Crippen LogP contribution < -0.4 is 0 Å². The Morgan fingerprint density at radius 1 is 1.78 bits per heavy atom. The lowest BCUT2D eigenvalue weighted by Crippen LogP contribution is -2.13. The highest BCUT2D eigenvalue weighted by Gasteiger charge is 2.43. The molecule has 1 saturated heterocycles. The van der Waals surface area contributed by atoms with E-state index in [-0.39, 0.29) is 11.0 Å². The standard InChI is InChI=1S/C7H13ClO/c1-3-7(5-9-7)4-6(2)8/h6H,3-5H2,1-2H3. The van der Waals surface area contributed by atoms with Crippen LogP contribution in [-0.4, -0.2) is 17.6 Å². The number of epoxide rings is 1. The normalized spacial score (nSPS) is 36.3. The Kier molecular flexibility index (Phi) is 2.02. The van der Waals surface area contributed by atoms with Gasteiger partial charge < -0.3 is 4.74 Å². The summed E-state index contributed by atoms with van der Waals surface area (Å²) >= 11 is 5.80. The van der Waals surface area contributed by atoms with E-state index in [4.69, 9.17) is 16.3 Å². The van der Waals surface area contributed by atoms with Crippen LogP contribution in [0.4, 0.5) is 0 Å². The summed E-state index contributed by atoms with van der Waals surface area (Å²) < 4.78 is 5.27. The third-order valence-electron chi connectivity index (χ3n) is 1.85. The number of rotatable bonds is 3. The van der Waals surface area contributed by atoms with Gasteiger partial charge in [-0.15, -0.1) is 11.6 Å². The van der Waals surface area contributed by atoms with Crippen molar-refractivity contribution < 1.29 is 4.74 Å². The number of hydrogen-bond acceptors (Lipinski definition) is 1. The van der Waals surface area contributed by atoms with Crippen LogP contribution in [0.1, 0.15) is 26.7 Å². The lowest BCUT2D eigenvalue weighted by molar-refractivity contribution is 0.281. The maximum Gasteiger partial charge on any atom is 0.0927 e. The largest absolute Gasteiger partial charge is 0.370 e. The molecular formula is C7H13ClO. The Bertz CT molecular complexity index is 97.1. The summed E-state index contributed by atoms with van der Waals surface area (Å²) in [6.45, 7) is 5.08. The molecule has 0 aromatic carbocycles. The van der Waals surface area contributed by atoms with Crippen LogP contribution in [0.15, 0.2) is 0 Å². The highest BCUT2D eigenvalue weighted by Crippen LogP contribution is 2.36. The molecule has 0 aliphatic carbocycles. The van der Waals surface area contributed by atoms with Gasteiger partial charge >= 0.3 is 0 Å². The molecule has 2 heteroatoms. The third kappa shape index (κ3) is 1.84. The molecule has 0 aromatic heterocycles. The Morgan fingerprint density at radius 2 is 2.33 bits per heavy atom. The van der Waals surface area contributed by atoms with E-state index in [1.54, 1.807) is 0 Å². The molecule has 0 spiro atoms. The monoisotopic (exact) mass is 148 g/mol. The summed E-state index contributed by atoms with van der Waals surface area (Å²) in [5.74, 6) is 0. The number of ether oxygens (including phenoxy) is 1. The van der Waals surface area contributed by atoms with Crippen molar-refractivity contribution in [3.63, 3.8) is 0 Å². The van der Waals surface area contributed by atoms with Gasteiger partial charge in [0.1, 0.15) is 0 Å². The molecule has 1 aliphatic heterocycles. The van der Waals surface area contributed by atoms with E-state index in [2.05, 4.69) is 6.92 Å². The van der Waals surface area contributed by atoms with Crippen molar-refractivity contribution in [2.24, 2.45) is 0 Å². The average molecular weight is 149 g/mol. The van der Waals surface area contributed by atoms with Crippen molar-refractivity contribution in [1.29, 1.82) is 0 Å². The van der Waals surface area contributed by atoms with E-state index in [1.165, 1.54) is 0 Å². The van der Waals surface area contributed by atoms with Crippen molar-refractivity contribution in [2.45, 2.75) is 37.7 Å². The highest BCUT2D eigenvalue weighted by atomic mass is 35.5. The first kappa shape index (κ1) is 7.36. The predicted octanol–water partition coefficient (Wildman–Crippen LogP) is 2.18. The van der Waals surface area contributed by atoms with Gasteiger partial charge in [-0.1, -0.05) is 6.92 Å². The van der Waals surface area contributed by atoms with Gasteiger partial charge in [0.25, 0.3) is 0 Å². The zero-order valence-corrected chi connectivity index (χ0v) is 6.74. The van der Waals surface area contributed by atoms with Gasteiger partial charge in [-0.05, 0) is 19.8 Å². The number of halogens is 1. The van der Waals surface area contributed by atoms with Crippen molar-refractivity contribution in [3.05, 3.63) is 0 Å². The summed E-state index contributed by atoms with van der Waals surface area (Å²) in [5.41, 5.74) is 0.182. The Balaban J connectivity index is 2.25. The topological polar surface area (TPSA) is 12.5 Å². The summed E-state index contributed by atoms with van der Waals surface area (Å²) in [7, 11) is 0. The summed E-state index contributed by atoms with van der Waals surface area (Å²) in [6.07, 6.45) is 2.11. The SMILES string of the molecule is CCC1(CC(C)Cl)CO1. The van der Waals surface area contributed by atoms with E-state index < -0.39 is 0 Å². The maximum atomic E-state index is 5.80. The molecule has 1 nitrogen and oxygen atoms in total. The van der Waals surface area contributed by atoms with Crippen LogP contribution in [0.2, 0.25) is 0 Å². The van der Waals surface area contributed by atoms with Gasteiger partial charge in [-0.3, -0.25) is 0 Å². The van der Waals surface area contributed by atoms with E-state index in [1.807, 2.05) is 6.92 Å². The molecule has 1 heterocycles. The quantitative estimate of drug-likeness (QED) is 0.442. The Labute approximate surface area is 61.3 Å². The zero-order valence-electron chi connectivity index (χ0n) is 5.98. The smallest absolute Gasteiger partial charge is 0.0927 e. The van der Waals surface area contributed by atoms with Gasteiger partial charge in [0, 0.05) is 5.38 Å². The van der Waals surface area contributed by atoms with Crippen LogP contribution in [0, 0.1) is 0 Å². The molecule has 0 aromatic rings. The van der Waals surface area contributed by atoms with Crippen molar-refractivity contribution in [2.75, 3.05) is 6.61 Å². The Morgan fingerprint density at radius 3 is 2.44 bits per heavy atom. The molecule has 0 N–H and O–H groups in total. The second-order valence-electron chi connectivity index (χ2n) is 2.81. The predicted molar refractivity (Wildman–Crippen MR) is 38.9 cm³/mol. The van der Waals surface area contributed by atoms with E-state index in [0.29, 0.717) is 0 Å². The molecule has 54 valence electrons. The lowest BCUT2D eigenvalue weighted by atomic mass is 10.0. The average Bonchev–Trinajstić information content (AvgIpc) is 2.48. The van der Waals surface area contributed by atoms with Gasteiger partial charge in [0.2, 0.25) is 0 Å². The van der Waals surface area contributed by atoms with Gasteiger partial charge in [0.05, 0.1) is 12.2 Å². The maximum absolute atomic E-state index is 5.80. The minimum atomic E-state index is 0.182. The molecule has 0 radical (unpaired) electrons. The molecule has 0 amide bonds. The molecule has 1 aliphatic rings. The Hall–Kier alpha value is 0.250. The fourth-order valence-corrected chi connectivity index (χ4v) is 1.36. The fraction of sp³-hybridized carbons (Fsp3) is 1.00. The third-order valence-corrected chi connectivity index (χ3v) is 2.00. The van der Waals surface area contributed by atoms with Crippen LogP contribution in [0.25, 0.3) is 0 Å². The molecule has 2 atom stereocenters. The molecule has 0 saturated carbocycles. The highest BCUT2D eigenvalue weighted by molar-refractivity contribution is 6.20. The van der Waals surface area contributed by atoms with Gasteiger partial charge in [0.15, 0.2) is 0 Å². The first-order valence-electron chi connectivity index (χ1n) is 3.46. The molecule has 0 bridgehead atoms. The second kappa shape index (κ2) is 2.47. The van der Waals surface area contributed by atoms with E-state index >= 15 is 0 Å².